The van der Waals surface area contributed by atoms with Crippen molar-refractivity contribution >= 4 is 20.9 Å². The molecule has 0 saturated carbocycles. The van der Waals surface area contributed by atoms with E-state index in [2.05, 4.69) is 0 Å². The molecule has 2 rings (SSSR count). The SMILES string of the molecule is CS(=O)(=O)n1ccc2cc(F)ccc21. The number of nitrogens with zero attached hydrogens (tertiary/aromatic N) is 1. The van der Waals surface area contributed by atoms with Crippen molar-refractivity contribution in [1.82, 2.24) is 3.97 Å². The van der Waals surface area contributed by atoms with Gasteiger partial charge in [0.2, 0.25) is 10.0 Å². The zero-order valence-corrected chi connectivity index (χ0v) is 8.25. The maximum Gasteiger partial charge on any atom is 0.236 e. The van der Waals surface area contributed by atoms with Crippen molar-refractivity contribution in [3.05, 3.63) is 36.3 Å². The molecular formula is C9H8FNO2S. The lowest BCUT2D eigenvalue weighted by atomic mass is 10.2. The molecule has 0 aliphatic heterocycles. The highest BCUT2D eigenvalue weighted by molar-refractivity contribution is 7.89. The quantitative estimate of drug-likeness (QED) is 0.721. The van der Waals surface area contributed by atoms with Crippen LogP contribution in [-0.4, -0.2) is 18.6 Å². The van der Waals surface area contributed by atoms with Crippen LogP contribution >= 0.6 is 0 Å². The second-order valence-corrected chi connectivity index (χ2v) is 4.94. The van der Waals surface area contributed by atoms with E-state index < -0.39 is 10.0 Å². The number of rotatable bonds is 1. The molecule has 0 amide bonds. The van der Waals surface area contributed by atoms with Gasteiger partial charge in [0.05, 0.1) is 11.8 Å². The van der Waals surface area contributed by atoms with Crippen molar-refractivity contribution < 1.29 is 12.8 Å². The first-order valence-electron chi connectivity index (χ1n) is 3.95. The molecule has 5 heteroatoms. The van der Waals surface area contributed by atoms with Gasteiger partial charge in [-0.3, -0.25) is 0 Å². The zero-order valence-electron chi connectivity index (χ0n) is 7.44. The van der Waals surface area contributed by atoms with Gasteiger partial charge in [0.15, 0.2) is 0 Å². The van der Waals surface area contributed by atoms with Gasteiger partial charge in [-0.15, -0.1) is 0 Å². The van der Waals surface area contributed by atoms with Crippen LogP contribution in [0, 0.1) is 5.82 Å². The van der Waals surface area contributed by atoms with E-state index in [9.17, 15) is 12.8 Å². The van der Waals surface area contributed by atoms with E-state index in [1.165, 1.54) is 24.4 Å². The lowest BCUT2D eigenvalue weighted by Crippen LogP contribution is -2.07. The van der Waals surface area contributed by atoms with Gasteiger partial charge in [0, 0.05) is 11.6 Å². The standard InChI is InChI=1S/C9H8FNO2S/c1-14(12,13)11-5-4-7-6-8(10)2-3-9(7)11/h2-6H,1H3. The average Bonchev–Trinajstić information content (AvgIpc) is 2.45. The van der Waals surface area contributed by atoms with Crippen molar-refractivity contribution in [2.75, 3.05) is 6.26 Å². The van der Waals surface area contributed by atoms with Crippen molar-refractivity contribution in [2.24, 2.45) is 0 Å². The van der Waals surface area contributed by atoms with Crippen LogP contribution in [0.1, 0.15) is 0 Å². The zero-order chi connectivity index (χ0) is 10.3. The van der Waals surface area contributed by atoms with Gasteiger partial charge < -0.3 is 0 Å². The summed E-state index contributed by atoms with van der Waals surface area (Å²) in [5.74, 6) is -0.372. The molecule has 0 unspecified atom stereocenters. The second kappa shape index (κ2) is 2.81. The van der Waals surface area contributed by atoms with Crippen LogP contribution < -0.4 is 0 Å². The van der Waals surface area contributed by atoms with Gasteiger partial charge in [0.1, 0.15) is 5.82 Å². The topological polar surface area (TPSA) is 39.1 Å². The molecule has 2 aromatic rings. The molecule has 14 heavy (non-hydrogen) atoms. The average molecular weight is 213 g/mol. The highest BCUT2D eigenvalue weighted by Gasteiger charge is 2.09. The summed E-state index contributed by atoms with van der Waals surface area (Å²) in [5, 5.41) is 0.579. The van der Waals surface area contributed by atoms with E-state index in [4.69, 9.17) is 0 Å². The highest BCUT2D eigenvalue weighted by atomic mass is 32.2. The minimum absolute atomic E-state index is 0.372. The summed E-state index contributed by atoms with van der Waals surface area (Å²) in [6, 6.07) is 5.56. The fraction of sp³-hybridized carbons (Fsp3) is 0.111. The van der Waals surface area contributed by atoms with E-state index in [1.54, 1.807) is 6.07 Å². The predicted molar refractivity (Wildman–Crippen MR) is 52.1 cm³/mol. The Hall–Kier alpha value is -1.36. The minimum atomic E-state index is -3.30. The first-order valence-corrected chi connectivity index (χ1v) is 5.80. The molecule has 1 heterocycles. The van der Waals surface area contributed by atoms with E-state index in [1.807, 2.05) is 0 Å². The molecule has 1 aromatic heterocycles. The molecule has 0 aliphatic carbocycles. The van der Waals surface area contributed by atoms with E-state index in [0.29, 0.717) is 10.9 Å². The van der Waals surface area contributed by atoms with E-state index >= 15 is 0 Å². The summed E-state index contributed by atoms with van der Waals surface area (Å²) in [6.07, 6.45) is 2.52. The van der Waals surface area contributed by atoms with Crippen molar-refractivity contribution in [3.63, 3.8) is 0 Å². The predicted octanol–water partition coefficient (Wildman–Crippen LogP) is 1.59. The van der Waals surface area contributed by atoms with Gasteiger partial charge in [-0.2, -0.15) is 0 Å². The molecular weight excluding hydrogens is 205 g/mol. The Morgan fingerprint density at radius 3 is 2.64 bits per heavy atom. The van der Waals surface area contributed by atoms with E-state index in [0.717, 1.165) is 10.2 Å². The summed E-state index contributed by atoms with van der Waals surface area (Å²) in [5.41, 5.74) is 0.494. The smallest absolute Gasteiger partial charge is 0.236 e. The maximum atomic E-state index is 12.8. The molecule has 0 N–H and O–H groups in total. The molecule has 74 valence electrons. The van der Waals surface area contributed by atoms with Crippen LogP contribution in [0.4, 0.5) is 4.39 Å². The number of hydrogen-bond donors (Lipinski definition) is 0. The van der Waals surface area contributed by atoms with Crippen molar-refractivity contribution in [1.29, 1.82) is 0 Å². The van der Waals surface area contributed by atoms with Gasteiger partial charge in [-0.05, 0) is 24.3 Å². The third-order valence-electron chi connectivity index (χ3n) is 1.97. The monoisotopic (exact) mass is 213 g/mol. The number of benzene rings is 1. The van der Waals surface area contributed by atoms with Crippen molar-refractivity contribution in [3.8, 4) is 0 Å². The molecule has 0 fully saturated rings. The fourth-order valence-corrected chi connectivity index (χ4v) is 2.18. The molecule has 0 aliphatic rings. The Balaban J connectivity index is 2.83. The first-order chi connectivity index (χ1) is 6.48. The van der Waals surface area contributed by atoms with Crippen LogP contribution in [-0.2, 0) is 10.0 Å². The van der Waals surface area contributed by atoms with Gasteiger partial charge in [0.25, 0.3) is 0 Å². The van der Waals surface area contributed by atoms with Crippen LogP contribution in [0.3, 0.4) is 0 Å². The molecule has 0 atom stereocenters. The summed E-state index contributed by atoms with van der Waals surface area (Å²) in [6.45, 7) is 0. The number of hydrogen-bond acceptors (Lipinski definition) is 2. The number of fused-ring (bicyclic) bond motifs is 1. The molecule has 0 saturated heterocycles. The second-order valence-electron chi connectivity index (χ2n) is 3.08. The van der Waals surface area contributed by atoms with Gasteiger partial charge in [-0.1, -0.05) is 0 Å². The summed E-state index contributed by atoms with van der Waals surface area (Å²) in [7, 11) is -3.30. The number of halogens is 1. The minimum Gasteiger partial charge on any atom is -0.245 e. The molecule has 3 nitrogen and oxygen atoms in total. The Morgan fingerprint density at radius 1 is 1.29 bits per heavy atom. The largest absolute Gasteiger partial charge is 0.245 e. The highest BCUT2D eigenvalue weighted by Crippen LogP contribution is 2.18. The normalized spacial score (nSPS) is 12.1. The molecule has 0 radical (unpaired) electrons. The van der Waals surface area contributed by atoms with E-state index in [-0.39, 0.29) is 5.82 Å². The van der Waals surface area contributed by atoms with Gasteiger partial charge >= 0.3 is 0 Å². The van der Waals surface area contributed by atoms with Gasteiger partial charge in [-0.25, -0.2) is 16.8 Å². The lowest BCUT2D eigenvalue weighted by Gasteiger charge is -2.00. The van der Waals surface area contributed by atoms with Crippen LogP contribution in [0.2, 0.25) is 0 Å². The molecule has 0 bridgehead atoms. The molecule has 0 spiro atoms. The summed E-state index contributed by atoms with van der Waals surface area (Å²) in [4.78, 5) is 0. The van der Waals surface area contributed by atoms with Crippen LogP contribution in [0.15, 0.2) is 30.5 Å². The molecule has 1 aromatic carbocycles. The van der Waals surface area contributed by atoms with Crippen LogP contribution in [0.5, 0.6) is 0 Å². The van der Waals surface area contributed by atoms with Crippen molar-refractivity contribution in [2.45, 2.75) is 0 Å². The number of aromatic nitrogens is 1. The van der Waals surface area contributed by atoms with Crippen LogP contribution in [0.25, 0.3) is 10.9 Å². The Labute approximate surface area is 80.8 Å². The summed E-state index contributed by atoms with van der Waals surface area (Å²) < 4.78 is 36.4. The maximum absolute atomic E-state index is 12.8. The Bertz CT molecular complexity index is 586. The summed E-state index contributed by atoms with van der Waals surface area (Å²) >= 11 is 0. The Kier molecular flexibility index (Phi) is 1.85. The third-order valence-corrected chi connectivity index (χ3v) is 3.01. The third kappa shape index (κ3) is 1.39. The first kappa shape index (κ1) is 9.21. The fourth-order valence-electron chi connectivity index (χ4n) is 1.38. The Morgan fingerprint density at radius 2 is 2.00 bits per heavy atom. The lowest BCUT2D eigenvalue weighted by molar-refractivity contribution is 0.595.